The van der Waals surface area contributed by atoms with E-state index in [1.54, 1.807) is 0 Å². The summed E-state index contributed by atoms with van der Waals surface area (Å²) in [6.45, 7) is -0.222. The summed E-state index contributed by atoms with van der Waals surface area (Å²) in [4.78, 5) is 23.8. The van der Waals surface area contributed by atoms with Gasteiger partial charge in [0.2, 0.25) is 0 Å². The molecule has 0 bridgehead atoms. The number of likely N-dealkylation sites (tertiary alicyclic amines) is 1. The van der Waals surface area contributed by atoms with Crippen molar-refractivity contribution in [1.82, 2.24) is 10.2 Å². The summed E-state index contributed by atoms with van der Waals surface area (Å²) < 4.78 is 43.9. The highest BCUT2D eigenvalue weighted by Gasteiger charge is 2.53. The molecule has 2 heterocycles. The van der Waals surface area contributed by atoms with Gasteiger partial charge in [-0.3, -0.25) is 4.79 Å². The SMILES string of the molecule is O=C(O)[C@@H]1CN(C(=O)NCC2CCCCO2)C[C@H]1C(F)(F)F. The van der Waals surface area contributed by atoms with Gasteiger partial charge < -0.3 is 20.1 Å². The summed E-state index contributed by atoms with van der Waals surface area (Å²) in [6.07, 6.45) is -2.02. The van der Waals surface area contributed by atoms with Crippen LogP contribution in [0, 0.1) is 11.8 Å². The third kappa shape index (κ3) is 4.02. The maximum absolute atomic E-state index is 12.8. The van der Waals surface area contributed by atoms with Crippen LogP contribution in [0.4, 0.5) is 18.0 Å². The topological polar surface area (TPSA) is 78.9 Å². The third-order valence-electron chi connectivity index (χ3n) is 4.10. The van der Waals surface area contributed by atoms with Gasteiger partial charge in [0, 0.05) is 26.2 Å². The van der Waals surface area contributed by atoms with Crippen molar-refractivity contribution in [2.24, 2.45) is 11.8 Å². The Morgan fingerprint density at radius 1 is 1.27 bits per heavy atom. The van der Waals surface area contributed by atoms with Gasteiger partial charge >= 0.3 is 18.2 Å². The number of hydrogen-bond acceptors (Lipinski definition) is 3. The van der Waals surface area contributed by atoms with E-state index in [2.05, 4.69) is 5.32 Å². The summed E-state index contributed by atoms with van der Waals surface area (Å²) in [5, 5.41) is 11.4. The number of carboxylic acid groups (broad SMARTS) is 1. The van der Waals surface area contributed by atoms with Crippen molar-refractivity contribution in [2.75, 3.05) is 26.2 Å². The van der Waals surface area contributed by atoms with Gasteiger partial charge in [-0.1, -0.05) is 0 Å². The number of alkyl halides is 3. The van der Waals surface area contributed by atoms with Gasteiger partial charge in [0.1, 0.15) is 0 Å². The monoisotopic (exact) mass is 324 g/mol. The number of aliphatic carboxylic acids is 1. The van der Waals surface area contributed by atoms with E-state index in [0.717, 1.165) is 24.2 Å². The van der Waals surface area contributed by atoms with Crippen LogP contribution in [0.2, 0.25) is 0 Å². The number of nitrogens with one attached hydrogen (secondary N) is 1. The number of amides is 2. The average Bonchev–Trinajstić information content (AvgIpc) is 2.91. The molecule has 2 fully saturated rings. The molecule has 2 aliphatic rings. The minimum atomic E-state index is -4.63. The average molecular weight is 324 g/mol. The van der Waals surface area contributed by atoms with E-state index < -0.39 is 43.1 Å². The number of carbonyl (C=O) groups excluding carboxylic acids is 1. The highest BCUT2D eigenvalue weighted by molar-refractivity contribution is 5.77. The Morgan fingerprint density at radius 3 is 2.50 bits per heavy atom. The standard InChI is InChI=1S/C13H19F3N2O4/c14-13(15,16)10-7-18(6-9(10)11(19)20)12(21)17-5-8-3-1-2-4-22-8/h8-10H,1-7H2,(H,17,21)(H,19,20)/t8?,9-,10-/m1/s1. The Bertz CT molecular complexity index is 424. The molecule has 126 valence electrons. The molecule has 0 aromatic heterocycles. The van der Waals surface area contributed by atoms with Crippen molar-refractivity contribution in [3.63, 3.8) is 0 Å². The molecule has 22 heavy (non-hydrogen) atoms. The first kappa shape index (κ1) is 16.9. The highest BCUT2D eigenvalue weighted by Crippen LogP contribution is 2.37. The summed E-state index contributed by atoms with van der Waals surface area (Å²) >= 11 is 0. The van der Waals surface area contributed by atoms with Crippen LogP contribution in [-0.2, 0) is 9.53 Å². The lowest BCUT2D eigenvalue weighted by molar-refractivity contribution is -0.187. The van der Waals surface area contributed by atoms with E-state index in [0.29, 0.717) is 6.61 Å². The second-order valence-corrected chi connectivity index (χ2v) is 5.67. The molecule has 3 atom stereocenters. The van der Waals surface area contributed by atoms with Crippen LogP contribution in [0.5, 0.6) is 0 Å². The van der Waals surface area contributed by atoms with Gasteiger partial charge in [0.25, 0.3) is 0 Å². The van der Waals surface area contributed by atoms with Crippen LogP contribution in [0.25, 0.3) is 0 Å². The molecule has 2 saturated heterocycles. The van der Waals surface area contributed by atoms with Crippen molar-refractivity contribution >= 4 is 12.0 Å². The van der Waals surface area contributed by atoms with Gasteiger partial charge in [0.15, 0.2) is 0 Å². The second-order valence-electron chi connectivity index (χ2n) is 5.67. The number of carboxylic acids is 1. The Balaban J connectivity index is 1.89. The highest BCUT2D eigenvalue weighted by atomic mass is 19.4. The lowest BCUT2D eigenvalue weighted by Gasteiger charge is -2.24. The molecule has 9 heteroatoms. The van der Waals surface area contributed by atoms with Crippen LogP contribution >= 0.6 is 0 Å². The predicted octanol–water partition coefficient (Wildman–Crippen LogP) is 1.46. The second kappa shape index (κ2) is 6.72. The molecular formula is C13H19F3N2O4. The Hall–Kier alpha value is -1.51. The van der Waals surface area contributed by atoms with Crippen LogP contribution < -0.4 is 5.32 Å². The lowest BCUT2D eigenvalue weighted by atomic mass is 9.96. The van der Waals surface area contributed by atoms with E-state index >= 15 is 0 Å². The smallest absolute Gasteiger partial charge is 0.394 e. The zero-order chi connectivity index (χ0) is 16.3. The van der Waals surface area contributed by atoms with Crippen molar-refractivity contribution in [2.45, 2.75) is 31.5 Å². The molecule has 6 nitrogen and oxygen atoms in total. The maximum atomic E-state index is 12.8. The number of carbonyl (C=O) groups is 2. The molecule has 0 spiro atoms. The summed E-state index contributed by atoms with van der Waals surface area (Å²) in [5.74, 6) is -5.17. The largest absolute Gasteiger partial charge is 0.481 e. The molecule has 0 aromatic rings. The molecule has 2 N–H and O–H groups in total. The van der Waals surface area contributed by atoms with Crippen molar-refractivity contribution in [3.05, 3.63) is 0 Å². The van der Waals surface area contributed by atoms with E-state index in [9.17, 15) is 22.8 Å². The van der Waals surface area contributed by atoms with Crippen LogP contribution in [0.1, 0.15) is 19.3 Å². The van der Waals surface area contributed by atoms with Crippen molar-refractivity contribution in [1.29, 1.82) is 0 Å². The first-order chi connectivity index (χ1) is 10.3. The van der Waals surface area contributed by atoms with Crippen molar-refractivity contribution < 1.29 is 32.6 Å². The van der Waals surface area contributed by atoms with E-state index in [-0.39, 0.29) is 12.6 Å². The Morgan fingerprint density at radius 2 is 2.00 bits per heavy atom. The molecule has 0 aliphatic carbocycles. The normalized spacial score (nSPS) is 29.4. The van der Waals surface area contributed by atoms with E-state index in [4.69, 9.17) is 9.84 Å². The first-order valence-corrected chi connectivity index (χ1v) is 7.23. The zero-order valence-electron chi connectivity index (χ0n) is 11.9. The fraction of sp³-hybridized carbons (Fsp3) is 0.846. The maximum Gasteiger partial charge on any atom is 0.394 e. The summed E-state index contributed by atoms with van der Waals surface area (Å²) in [7, 11) is 0. The molecule has 2 amide bonds. The number of nitrogens with zero attached hydrogens (tertiary/aromatic N) is 1. The van der Waals surface area contributed by atoms with Gasteiger partial charge in [-0.2, -0.15) is 13.2 Å². The van der Waals surface area contributed by atoms with Crippen molar-refractivity contribution in [3.8, 4) is 0 Å². The minimum absolute atomic E-state index is 0.131. The summed E-state index contributed by atoms with van der Waals surface area (Å²) in [5.41, 5.74) is 0. The van der Waals surface area contributed by atoms with Gasteiger partial charge in [0.05, 0.1) is 17.9 Å². The number of urea groups is 1. The minimum Gasteiger partial charge on any atom is -0.481 e. The number of rotatable bonds is 3. The predicted molar refractivity (Wildman–Crippen MR) is 69.2 cm³/mol. The summed E-state index contributed by atoms with van der Waals surface area (Å²) in [6, 6.07) is -0.674. The van der Waals surface area contributed by atoms with E-state index in [1.165, 1.54) is 0 Å². The quantitative estimate of drug-likeness (QED) is 0.824. The third-order valence-corrected chi connectivity index (χ3v) is 4.10. The molecule has 2 aliphatic heterocycles. The Kier molecular flexibility index (Phi) is 5.15. The molecule has 0 saturated carbocycles. The number of halogens is 3. The molecular weight excluding hydrogens is 305 g/mol. The van der Waals surface area contributed by atoms with Gasteiger partial charge in [-0.05, 0) is 19.3 Å². The molecule has 0 aromatic carbocycles. The molecule has 1 unspecified atom stereocenters. The first-order valence-electron chi connectivity index (χ1n) is 7.23. The fourth-order valence-corrected chi connectivity index (χ4v) is 2.83. The van der Waals surface area contributed by atoms with Crippen LogP contribution in [0.3, 0.4) is 0 Å². The van der Waals surface area contributed by atoms with Gasteiger partial charge in [-0.15, -0.1) is 0 Å². The fourth-order valence-electron chi connectivity index (χ4n) is 2.83. The van der Waals surface area contributed by atoms with E-state index in [1.807, 2.05) is 0 Å². The zero-order valence-corrected chi connectivity index (χ0v) is 11.9. The number of ether oxygens (including phenoxy) is 1. The lowest BCUT2D eigenvalue weighted by Crippen LogP contribution is -2.43. The molecule has 2 rings (SSSR count). The molecule has 0 radical (unpaired) electrons. The number of hydrogen-bond donors (Lipinski definition) is 2. The van der Waals surface area contributed by atoms with Crippen LogP contribution in [-0.4, -0.2) is 60.5 Å². The Labute approximate surface area is 125 Å². The van der Waals surface area contributed by atoms with Gasteiger partial charge in [-0.25, -0.2) is 4.79 Å². The van der Waals surface area contributed by atoms with Crippen LogP contribution in [0.15, 0.2) is 0 Å².